The SMILES string of the molecule is CC(C)CCCOc1ccncc1CNC1CC1. The van der Waals surface area contributed by atoms with Crippen molar-refractivity contribution in [2.75, 3.05) is 6.61 Å². The van der Waals surface area contributed by atoms with Crippen LogP contribution in [-0.2, 0) is 6.54 Å². The van der Waals surface area contributed by atoms with Gasteiger partial charge in [-0.15, -0.1) is 0 Å². The van der Waals surface area contributed by atoms with Gasteiger partial charge in [0.05, 0.1) is 6.61 Å². The second-order valence-corrected chi connectivity index (χ2v) is 5.52. The summed E-state index contributed by atoms with van der Waals surface area (Å²) in [6.45, 7) is 6.17. The molecular formula is C15H24N2O. The summed E-state index contributed by atoms with van der Waals surface area (Å²) in [5, 5.41) is 3.50. The highest BCUT2D eigenvalue weighted by Gasteiger charge is 2.20. The Bertz CT molecular complexity index is 361. The van der Waals surface area contributed by atoms with Crippen LogP contribution in [0.3, 0.4) is 0 Å². The van der Waals surface area contributed by atoms with Crippen molar-refractivity contribution in [2.45, 2.75) is 52.1 Å². The van der Waals surface area contributed by atoms with Gasteiger partial charge in [-0.05, 0) is 37.7 Å². The molecule has 3 nitrogen and oxygen atoms in total. The van der Waals surface area contributed by atoms with Gasteiger partial charge in [-0.25, -0.2) is 0 Å². The minimum Gasteiger partial charge on any atom is -0.493 e. The Labute approximate surface area is 110 Å². The molecular weight excluding hydrogens is 224 g/mol. The molecule has 1 N–H and O–H groups in total. The van der Waals surface area contributed by atoms with Crippen LogP contribution in [0.25, 0.3) is 0 Å². The summed E-state index contributed by atoms with van der Waals surface area (Å²) in [5.74, 6) is 1.74. The number of rotatable bonds is 8. The molecule has 2 rings (SSSR count). The number of pyridine rings is 1. The lowest BCUT2D eigenvalue weighted by Crippen LogP contribution is -2.16. The molecule has 0 aromatic carbocycles. The van der Waals surface area contributed by atoms with Gasteiger partial charge < -0.3 is 10.1 Å². The Kier molecular flexibility index (Phi) is 5.00. The largest absolute Gasteiger partial charge is 0.493 e. The fourth-order valence-electron chi connectivity index (χ4n) is 1.90. The van der Waals surface area contributed by atoms with E-state index in [2.05, 4.69) is 24.1 Å². The average molecular weight is 248 g/mol. The summed E-state index contributed by atoms with van der Waals surface area (Å²) >= 11 is 0. The van der Waals surface area contributed by atoms with E-state index in [4.69, 9.17) is 4.74 Å². The Morgan fingerprint density at radius 1 is 1.44 bits per heavy atom. The van der Waals surface area contributed by atoms with Crippen LogP contribution in [-0.4, -0.2) is 17.6 Å². The van der Waals surface area contributed by atoms with Gasteiger partial charge in [-0.1, -0.05) is 13.8 Å². The minimum absolute atomic E-state index is 0.721. The average Bonchev–Trinajstić information content (AvgIpc) is 3.17. The first-order chi connectivity index (χ1) is 8.75. The molecule has 1 saturated carbocycles. The normalized spacial score (nSPS) is 15.1. The number of nitrogens with zero attached hydrogens (tertiary/aromatic N) is 1. The molecule has 1 fully saturated rings. The quantitative estimate of drug-likeness (QED) is 0.718. The Hall–Kier alpha value is -1.09. The molecule has 0 unspecified atom stereocenters. The van der Waals surface area contributed by atoms with Crippen LogP contribution in [0.15, 0.2) is 18.5 Å². The first-order valence-electron chi connectivity index (χ1n) is 7.05. The predicted molar refractivity (Wildman–Crippen MR) is 73.7 cm³/mol. The summed E-state index contributed by atoms with van der Waals surface area (Å²) in [4.78, 5) is 4.18. The van der Waals surface area contributed by atoms with Crippen molar-refractivity contribution in [2.24, 2.45) is 5.92 Å². The molecule has 18 heavy (non-hydrogen) atoms. The monoisotopic (exact) mass is 248 g/mol. The van der Waals surface area contributed by atoms with Gasteiger partial charge >= 0.3 is 0 Å². The van der Waals surface area contributed by atoms with Crippen LogP contribution in [0.1, 0.15) is 45.1 Å². The lowest BCUT2D eigenvalue weighted by Gasteiger charge is -2.12. The molecule has 1 aliphatic carbocycles. The molecule has 0 aliphatic heterocycles. The zero-order chi connectivity index (χ0) is 12.8. The zero-order valence-corrected chi connectivity index (χ0v) is 11.5. The van der Waals surface area contributed by atoms with E-state index >= 15 is 0 Å². The molecule has 1 aromatic heterocycles. The van der Waals surface area contributed by atoms with E-state index in [1.54, 1.807) is 6.20 Å². The lowest BCUT2D eigenvalue weighted by molar-refractivity contribution is 0.294. The second kappa shape index (κ2) is 6.74. The highest BCUT2D eigenvalue weighted by Crippen LogP contribution is 2.22. The summed E-state index contributed by atoms with van der Waals surface area (Å²) < 4.78 is 5.86. The fraction of sp³-hybridized carbons (Fsp3) is 0.667. The highest BCUT2D eigenvalue weighted by molar-refractivity contribution is 5.30. The molecule has 0 bridgehead atoms. The van der Waals surface area contributed by atoms with Gasteiger partial charge in [0.2, 0.25) is 0 Å². The van der Waals surface area contributed by atoms with Gasteiger partial charge in [0, 0.05) is 30.5 Å². The molecule has 1 aliphatic rings. The molecule has 100 valence electrons. The Morgan fingerprint density at radius 3 is 3.00 bits per heavy atom. The van der Waals surface area contributed by atoms with Crippen LogP contribution >= 0.6 is 0 Å². The second-order valence-electron chi connectivity index (χ2n) is 5.52. The molecule has 0 atom stereocenters. The van der Waals surface area contributed by atoms with Gasteiger partial charge in [0.25, 0.3) is 0 Å². The predicted octanol–water partition coefficient (Wildman–Crippen LogP) is 3.15. The van der Waals surface area contributed by atoms with E-state index in [0.29, 0.717) is 0 Å². The van der Waals surface area contributed by atoms with Gasteiger partial charge in [-0.3, -0.25) is 4.98 Å². The molecule has 1 heterocycles. The Balaban J connectivity index is 1.78. The molecule has 1 aromatic rings. The summed E-state index contributed by atoms with van der Waals surface area (Å²) in [6.07, 6.45) is 8.68. The van der Waals surface area contributed by atoms with Gasteiger partial charge in [0.15, 0.2) is 0 Å². The van der Waals surface area contributed by atoms with Crippen LogP contribution in [0, 0.1) is 5.92 Å². The minimum atomic E-state index is 0.721. The van der Waals surface area contributed by atoms with Crippen LogP contribution < -0.4 is 10.1 Å². The number of hydrogen-bond donors (Lipinski definition) is 1. The first kappa shape index (κ1) is 13.3. The van der Waals surface area contributed by atoms with Crippen molar-refractivity contribution in [1.29, 1.82) is 0 Å². The number of ether oxygens (including phenoxy) is 1. The highest BCUT2D eigenvalue weighted by atomic mass is 16.5. The maximum atomic E-state index is 5.86. The van der Waals surface area contributed by atoms with Crippen molar-refractivity contribution in [1.82, 2.24) is 10.3 Å². The maximum absolute atomic E-state index is 5.86. The van der Waals surface area contributed by atoms with E-state index in [1.165, 1.54) is 24.8 Å². The van der Waals surface area contributed by atoms with Crippen molar-refractivity contribution < 1.29 is 4.74 Å². The standard InChI is InChI=1S/C15H24N2O/c1-12(2)4-3-9-18-15-7-8-16-10-13(15)11-17-14-5-6-14/h7-8,10,12,14,17H,3-6,9,11H2,1-2H3. The summed E-state index contributed by atoms with van der Waals surface area (Å²) in [7, 11) is 0. The summed E-state index contributed by atoms with van der Waals surface area (Å²) in [5.41, 5.74) is 1.17. The molecule has 0 spiro atoms. The van der Waals surface area contributed by atoms with Crippen molar-refractivity contribution in [3.8, 4) is 5.75 Å². The number of hydrogen-bond acceptors (Lipinski definition) is 3. The van der Waals surface area contributed by atoms with Crippen molar-refractivity contribution in [3.05, 3.63) is 24.0 Å². The molecule has 0 amide bonds. The zero-order valence-electron chi connectivity index (χ0n) is 11.5. The van der Waals surface area contributed by atoms with E-state index < -0.39 is 0 Å². The van der Waals surface area contributed by atoms with Crippen LogP contribution in [0.4, 0.5) is 0 Å². The van der Waals surface area contributed by atoms with Crippen molar-refractivity contribution >= 4 is 0 Å². The Morgan fingerprint density at radius 2 is 2.28 bits per heavy atom. The first-order valence-corrected chi connectivity index (χ1v) is 7.05. The van der Waals surface area contributed by atoms with Crippen LogP contribution in [0.5, 0.6) is 5.75 Å². The third-order valence-corrected chi connectivity index (χ3v) is 3.20. The lowest BCUT2D eigenvalue weighted by atomic mass is 10.1. The van der Waals surface area contributed by atoms with E-state index in [0.717, 1.165) is 37.3 Å². The van der Waals surface area contributed by atoms with Crippen molar-refractivity contribution in [3.63, 3.8) is 0 Å². The third kappa shape index (κ3) is 4.65. The van der Waals surface area contributed by atoms with E-state index in [1.807, 2.05) is 12.3 Å². The fourth-order valence-corrected chi connectivity index (χ4v) is 1.90. The third-order valence-electron chi connectivity index (χ3n) is 3.20. The van der Waals surface area contributed by atoms with Gasteiger partial charge in [-0.2, -0.15) is 0 Å². The molecule has 0 saturated heterocycles. The number of aromatic nitrogens is 1. The molecule has 0 radical (unpaired) electrons. The van der Waals surface area contributed by atoms with Crippen LogP contribution in [0.2, 0.25) is 0 Å². The topological polar surface area (TPSA) is 34.1 Å². The maximum Gasteiger partial charge on any atom is 0.126 e. The van der Waals surface area contributed by atoms with E-state index in [-0.39, 0.29) is 0 Å². The summed E-state index contributed by atoms with van der Waals surface area (Å²) in [6, 6.07) is 2.69. The smallest absolute Gasteiger partial charge is 0.126 e. The van der Waals surface area contributed by atoms with E-state index in [9.17, 15) is 0 Å². The molecule has 3 heteroatoms. The number of nitrogens with one attached hydrogen (secondary N) is 1. The van der Waals surface area contributed by atoms with Gasteiger partial charge in [0.1, 0.15) is 5.75 Å².